The number of rotatable bonds is 4. The van der Waals surface area contributed by atoms with E-state index in [0.29, 0.717) is 17.8 Å². The molecule has 112 valence electrons. The van der Waals surface area contributed by atoms with Crippen LogP contribution in [0.4, 0.5) is 10.5 Å². The molecule has 0 unspecified atom stereocenters. The van der Waals surface area contributed by atoms with Gasteiger partial charge in [-0.1, -0.05) is 12.1 Å². The summed E-state index contributed by atoms with van der Waals surface area (Å²) in [5.74, 6) is 0.117. The van der Waals surface area contributed by atoms with Crippen molar-refractivity contribution in [1.82, 2.24) is 20.5 Å². The number of sulfonamides is 1. The summed E-state index contributed by atoms with van der Waals surface area (Å²) in [4.78, 5) is 15.4. The van der Waals surface area contributed by atoms with Crippen LogP contribution in [0.2, 0.25) is 0 Å². The predicted molar refractivity (Wildman–Crippen MR) is 75.9 cm³/mol. The first-order valence-corrected chi connectivity index (χ1v) is 7.56. The lowest BCUT2D eigenvalue weighted by atomic mass is 10.1. The van der Waals surface area contributed by atoms with Gasteiger partial charge in [0.25, 0.3) is 15.2 Å². The zero-order valence-corrected chi connectivity index (χ0v) is 11.9. The molecule has 21 heavy (non-hydrogen) atoms. The van der Waals surface area contributed by atoms with E-state index in [9.17, 15) is 13.2 Å². The van der Waals surface area contributed by atoms with Crippen molar-refractivity contribution >= 4 is 21.7 Å². The molecule has 2 aromatic rings. The zero-order chi connectivity index (χ0) is 15.5. The van der Waals surface area contributed by atoms with Gasteiger partial charge >= 0.3 is 6.03 Å². The minimum absolute atomic E-state index is 0.117. The quantitative estimate of drug-likeness (QED) is 0.640. The Labute approximate surface area is 121 Å². The Morgan fingerprint density at radius 3 is 2.71 bits per heavy atom. The maximum absolute atomic E-state index is 11.6. The summed E-state index contributed by atoms with van der Waals surface area (Å²) in [5.41, 5.74) is 0.915. The average Bonchev–Trinajstić information content (AvgIpc) is 2.89. The Balaban J connectivity index is 2.36. The molecule has 2 rings (SSSR count). The maximum atomic E-state index is 11.6. The van der Waals surface area contributed by atoms with Crippen LogP contribution < -0.4 is 15.8 Å². The van der Waals surface area contributed by atoms with Crippen LogP contribution in [0.25, 0.3) is 11.4 Å². The number of aromatic amines is 1. The minimum Gasteiger partial charge on any atom is -0.338 e. The van der Waals surface area contributed by atoms with Crippen LogP contribution in [-0.2, 0) is 10.0 Å². The predicted octanol–water partition coefficient (Wildman–Crippen LogP) is 0.261. The molecule has 0 radical (unpaired) electrons. The van der Waals surface area contributed by atoms with Gasteiger partial charge in [-0.2, -0.15) is 10.1 Å². The number of nitrogens with one attached hydrogen (secondary N) is 3. The number of urea groups is 1. The van der Waals surface area contributed by atoms with Crippen molar-refractivity contribution in [2.75, 3.05) is 11.9 Å². The fraction of sp³-hybridized carbons (Fsp3) is 0.182. The van der Waals surface area contributed by atoms with Crippen LogP contribution in [0.5, 0.6) is 0 Å². The molecular formula is C11H14N6O3S. The smallest absolute Gasteiger partial charge is 0.319 e. The second-order valence-electron chi connectivity index (χ2n) is 4.04. The molecule has 0 saturated carbocycles. The molecule has 0 aliphatic rings. The van der Waals surface area contributed by atoms with E-state index in [0.717, 1.165) is 0 Å². The highest BCUT2D eigenvalue weighted by Crippen LogP contribution is 2.25. The zero-order valence-electron chi connectivity index (χ0n) is 11.1. The number of amides is 2. The van der Waals surface area contributed by atoms with Gasteiger partial charge in [-0.05, 0) is 19.1 Å². The highest BCUT2D eigenvalue weighted by atomic mass is 32.2. The lowest BCUT2D eigenvalue weighted by Gasteiger charge is -2.08. The molecule has 5 N–H and O–H groups in total. The SMILES string of the molecule is CCNC(=O)Nc1ccccc1-c1n[nH]c(S(N)(=O)=O)n1. The number of carbonyl (C=O) groups is 1. The Kier molecular flexibility index (Phi) is 4.19. The van der Waals surface area contributed by atoms with Crippen molar-refractivity contribution in [2.45, 2.75) is 12.1 Å². The second-order valence-corrected chi connectivity index (χ2v) is 5.52. The van der Waals surface area contributed by atoms with Crippen LogP contribution in [0.1, 0.15) is 6.92 Å². The van der Waals surface area contributed by atoms with Crippen molar-refractivity contribution < 1.29 is 13.2 Å². The summed E-state index contributed by atoms with van der Waals surface area (Å²) >= 11 is 0. The van der Waals surface area contributed by atoms with E-state index < -0.39 is 15.2 Å². The molecule has 1 aromatic carbocycles. The van der Waals surface area contributed by atoms with Gasteiger partial charge in [0.1, 0.15) is 0 Å². The summed E-state index contributed by atoms with van der Waals surface area (Å²) in [6.45, 7) is 2.27. The summed E-state index contributed by atoms with van der Waals surface area (Å²) < 4.78 is 22.4. The fourth-order valence-corrected chi connectivity index (χ4v) is 2.00. The molecule has 0 fully saturated rings. The van der Waals surface area contributed by atoms with E-state index in [1.807, 2.05) is 0 Å². The van der Waals surface area contributed by atoms with Crippen LogP contribution in [0.15, 0.2) is 29.4 Å². The highest BCUT2D eigenvalue weighted by molar-refractivity contribution is 7.89. The number of H-pyrrole nitrogens is 1. The molecule has 0 saturated heterocycles. The second kappa shape index (κ2) is 5.89. The van der Waals surface area contributed by atoms with Gasteiger partial charge in [-0.3, -0.25) is 0 Å². The number of primary sulfonamides is 1. The monoisotopic (exact) mass is 310 g/mol. The Hall–Kier alpha value is -2.46. The molecule has 2 amide bonds. The van der Waals surface area contributed by atoms with Crippen molar-refractivity contribution in [3.05, 3.63) is 24.3 Å². The molecule has 0 bridgehead atoms. The van der Waals surface area contributed by atoms with E-state index in [4.69, 9.17) is 5.14 Å². The van der Waals surface area contributed by atoms with Crippen molar-refractivity contribution in [1.29, 1.82) is 0 Å². The van der Waals surface area contributed by atoms with Gasteiger partial charge < -0.3 is 10.6 Å². The van der Waals surface area contributed by atoms with Crippen molar-refractivity contribution in [2.24, 2.45) is 5.14 Å². The molecule has 0 aliphatic heterocycles. The number of benzene rings is 1. The molecule has 1 aromatic heterocycles. The number of anilines is 1. The molecule has 0 atom stereocenters. The summed E-state index contributed by atoms with van der Waals surface area (Å²) in [5, 5.41) is 15.8. The number of hydrogen-bond acceptors (Lipinski definition) is 5. The lowest BCUT2D eigenvalue weighted by Crippen LogP contribution is -2.28. The Morgan fingerprint density at radius 1 is 1.38 bits per heavy atom. The van der Waals surface area contributed by atoms with Crippen molar-refractivity contribution in [3.63, 3.8) is 0 Å². The molecule has 1 heterocycles. The van der Waals surface area contributed by atoms with Gasteiger partial charge in [0.15, 0.2) is 5.82 Å². The van der Waals surface area contributed by atoms with E-state index in [1.165, 1.54) is 0 Å². The highest BCUT2D eigenvalue weighted by Gasteiger charge is 2.17. The largest absolute Gasteiger partial charge is 0.338 e. The third kappa shape index (κ3) is 3.55. The Morgan fingerprint density at radius 2 is 2.10 bits per heavy atom. The van der Waals surface area contributed by atoms with Gasteiger partial charge in [0.05, 0.1) is 5.69 Å². The van der Waals surface area contributed by atoms with Crippen LogP contribution in [0, 0.1) is 0 Å². The molecule has 10 heteroatoms. The number of para-hydroxylation sites is 1. The number of nitrogens with zero attached hydrogens (tertiary/aromatic N) is 2. The van der Waals surface area contributed by atoms with Gasteiger partial charge in [-0.15, -0.1) is 0 Å². The molecule has 0 spiro atoms. The average molecular weight is 310 g/mol. The third-order valence-corrected chi connectivity index (χ3v) is 3.21. The number of carbonyl (C=O) groups excluding carboxylic acids is 1. The number of nitrogens with two attached hydrogens (primary N) is 1. The van der Waals surface area contributed by atoms with Crippen LogP contribution in [-0.4, -0.2) is 36.2 Å². The van der Waals surface area contributed by atoms with Crippen molar-refractivity contribution in [3.8, 4) is 11.4 Å². The third-order valence-electron chi connectivity index (χ3n) is 2.49. The summed E-state index contributed by atoms with van der Waals surface area (Å²) in [6.07, 6.45) is 0. The normalized spacial score (nSPS) is 11.1. The van der Waals surface area contributed by atoms with E-state index in [1.54, 1.807) is 31.2 Å². The summed E-state index contributed by atoms with van der Waals surface area (Å²) in [6, 6.07) is 6.35. The maximum Gasteiger partial charge on any atom is 0.319 e. The summed E-state index contributed by atoms with van der Waals surface area (Å²) in [7, 11) is -3.96. The van der Waals surface area contributed by atoms with Crippen LogP contribution >= 0.6 is 0 Å². The fourth-order valence-electron chi connectivity index (χ4n) is 1.61. The van der Waals surface area contributed by atoms with E-state index >= 15 is 0 Å². The minimum atomic E-state index is -3.96. The Bertz CT molecular complexity index is 755. The first kappa shape index (κ1) is 14.9. The van der Waals surface area contributed by atoms with Crippen LogP contribution in [0.3, 0.4) is 0 Å². The molecule has 0 aliphatic carbocycles. The van der Waals surface area contributed by atoms with Gasteiger partial charge in [0.2, 0.25) is 0 Å². The van der Waals surface area contributed by atoms with Gasteiger partial charge in [0, 0.05) is 12.1 Å². The number of aromatic nitrogens is 3. The molecule has 9 nitrogen and oxygen atoms in total. The lowest BCUT2D eigenvalue weighted by molar-refractivity contribution is 0.252. The first-order chi connectivity index (χ1) is 9.91. The number of hydrogen-bond donors (Lipinski definition) is 4. The standard InChI is InChI=1S/C11H14N6O3S/c1-2-13-10(18)14-8-6-4-3-5-7(8)9-15-11(17-16-9)21(12,19)20/h3-6H,2H2,1H3,(H2,12,19,20)(H2,13,14,18)(H,15,16,17). The molecular weight excluding hydrogens is 296 g/mol. The topological polar surface area (TPSA) is 143 Å². The van der Waals surface area contributed by atoms with Gasteiger partial charge in [-0.25, -0.2) is 23.4 Å². The van der Waals surface area contributed by atoms with E-state index in [-0.39, 0.29) is 11.9 Å². The van der Waals surface area contributed by atoms with E-state index in [2.05, 4.69) is 25.8 Å². The first-order valence-electron chi connectivity index (χ1n) is 6.01.